The second-order valence-corrected chi connectivity index (χ2v) is 4.34. The Balaban J connectivity index is 1.90. The molecule has 2 rings (SSSR count). The normalized spacial score (nSPS) is 10.6. The Bertz CT molecular complexity index is 582. The van der Waals surface area contributed by atoms with Crippen LogP contribution in [-0.4, -0.2) is 10.9 Å². The van der Waals surface area contributed by atoms with Crippen LogP contribution in [0.4, 0.5) is 0 Å². The van der Waals surface area contributed by atoms with Crippen LogP contribution in [-0.2, 0) is 11.3 Å². The highest BCUT2D eigenvalue weighted by Gasteiger charge is 1.98. The monoisotopic (exact) mass is 272 g/mol. The van der Waals surface area contributed by atoms with E-state index in [4.69, 9.17) is 11.6 Å². The molecule has 1 N–H and O–H groups in total. The maximum absolute atomic E-state index is 11.6. The Labute approximate surface area is 116 Å². The predicted molar refractivity (Wildman–Crippen MR) is 76.6 cm³/mol. The molecule has 0 fully saturated rings. The zero-order valence-corrected chi connectivity index (χ0v) is 11.0. The number of amides is 1. The summed E-state index contributed by atoms with van der Waals surface area (Å²) in [5, 5.41) is 3.40. The highest BCUT2D eigenvalue weighted by molar-refractivity contribution is 6.32. The van der Waals surface area contributed by atoms with E-state index in [0.717, 1.165) is 11.1 Å². The summed E-state index contributed by atoms with van der Waals surface area (Å²) in [4.78, 5) is 15.6. The van der Waals surface area contributed by atoms with Crippen LogP contribution in [0.1, 0.15) is 11.1 Å². The molecule has 0 saturated carbocycles. The number of carbonyl (C=O) groups is 1. The first-order valence-electron chi connectivity index (χ1n) is 5.85. The third-order valence-corrected chi connectivity index (χ3v) is 2.85. The molecule has 2 aromatic rings. The summed E-state index contributed by atoms with van der Waals surface area (Å²) < 4.78 is 0. The number of aromatic nitrogens is 1. The third kappa shape index (κ3) is 4.23. The van der Waals surface area contributed by atoms with E-state index < -0.39 is 0 Å². The lowest BCUT2D eigenvalue weighted by Gasteiger charge is -2.01. The van der Waals surface area contributed by atoms with Gasteiger partial charge in [0.15, 0.2) is 0 Å². The minimum Gasteiger partial charge on any atom is -0.348 e. The van der Waals surface area contributed by atoms with Crippen molar-refractivity contribution in [2.24, 2.45) is 0 Å². The topological polar surface area (TPSA) is 42.0 Å². The van der Waals surface area contributed by atoms with Crippen molar-refractivity contribution in [3.05, 3.63) is 71.0 Å². The van der Waals surface area contributed by atoms with E-state index in [2.05, 4.69) is 10.3 Å². The van der Waals surface area contributed by atoms with E-state index in [-0.39, 0.29) is 5.91 Å². The van der Waals surface area contributed by atoms with E-state index in [1.165, 1.54) is 6.08 Å². The molecule has 0 bridgehead atoms. The van der Waals surface area contributed by atoms with Gasteiger partial charge in [-0.3, -0.25) is 9.78 Å². The molecule has 3 nitrogen and oxygen atoms in total. The van der Waals surface area contributed by atoms with Crippen LogP contribution < -0.4 is 5.32 Å². The van der Waals surface area contributed by atoms with Gasteiger partial charge in [0.25, 0.3) is 0 Å². The fourth-order valence-electron chi connectivity index (χ4n) is 1.53. The van der Waals surface area contributed by atoms with Crippen molar-refractivity contribution in [1.82, 2.24) is 10.3 Å². The smallest absolute Gasteiger partial charge is 0.244 e. The van der Waals surface area contributed by atoms with Gasteiger partial charge < -0.3 is 5.32 Å². The van der Waals surface area contributed by atoms with Crippen molar-refractivity contribution < 1.29 is 4.79 Å². The Kier molecular flexibility index (Phi) is 4.70. The van der Waals surface area contributed by atoms with Gasteiger partial charge in [0, 0.05) is 30.0 Å². The van der Waals surface area contributed by atoms with Crippen LogP contribution in [0.25, 0.3) is 6.08 Å². The number of nitrogens with zero attached hydrogens (tertiary/aromatic N) is 1. The second-order valence-electron chi connectivity index (χ2n) is 3.93. The van der Waals surface area contributed by atoms with Crippen LogP contribution in [0, 0.1) is 0 Å². The zero-order chi connectivity index (χ0) is 13.5. The molecule has 1 aromatic carbocycles. The number of rotatable bonds is 4. The maximum atomic E-state index is 11.6. The molecule has 0 radical (unpaired) electrons. The highest BCUT2D eigenvalue weighted by Crippen LogP contribution is 2.15. The van der Waals surface area contributed by atoms with E-state index in [1.807, 2.05) is 30.3 Å². The quantitative estimate of drug-likeness (QED) is 0.869. The molecule has 0 aliphatic heterocycles. The largest absolute Gasteiger partial charge is 0.348 e. The summed E-state index contributed by atoms with van der Waals surface area (Å²) in [6, 6.07) is 11.1. The summed E-state index contributed by atoms with van der Waals surface area (Å²) in [5.74, 6) is -0.163. The molecule has 1 heterocycles. The number of halogens is 1. The van der Waals surface area contributed by atoms with Gasteiger partial charge in [0.1, 0.15) is 0 Å². The Morgan fingerprint density at radius 3 is 2.84 bits per heavy atom. The molecule has 0 aliphatic carbocycles. The molecule has 1 amide bonds. The van der Waals surface area contributed by atoms with Crippen molar-refractivity contribution in [2.45, 2.75) is 6.54 Å². The summed E-state index contributed by atoms with van der Waals surface area (Å²) in [7, 11) is 0. The van der Waals surface area contributed by atoms with Gasteiger partial charge in [-0.05, 0) is 29.3 Å². The van der Waals surface area contributed by atoms with Crippen molar-refractivity contribution >= 4 is 23.6 Å². The SMILES string of the molecule is O=C(C=Cc1ccccc1Cl)NCc1cccnc1. The maximum Gasteiger partial charge on any atom is 0.244 e. The molecule has 4 heteroatoms. The van der Waals surface area contributed by atoms with E-state index >= 15 is 0 Å². The zero-order valence-electron chi connectivity index (χ0n) is 10.2. The van der Waals surface area contributed by atoms with Gasteiger partial charge in [0.05, 0.1) is 0 Å². The average Bonchev–Trinajstić information content (AvgIpc) is 2.45. The molecule has 96 valence electrons. The minimum atomic E-state index is -0.163. The van der Waals surface area contributed by atoms with Crippen molar-refractivity contribution in [3.8, 4) is 0 Å². The second kappa shape index (κ2) is 6.71. The number of nitrogens with one attached hydrogen (secondary N) is 1. The lowest BCUT2D eigenvalue weighted by atomic mass is 10.2. The number of benzene rings is 1. The molecule has 0 aliphatic rings. The standard InChI is InChI=1S/C15H13ClN2O/c16-14-6-2-1-5-13(14)7-8-15(19)18-11-12-4-3-9-17-10-12/h1-10H,11H2,(H,18,19). The highest BCUT2D eigenvalue weighted by atomic mass is 35.5. The molecule has 0 saturated heterocycles. The predicted octanol–water partition coefficient (Wildman–Crippen LogP) is 3.06. The van der Waals surface area contributed by atoms with Crippen LogP contribution in [0.15, 0.2) is 54.9 Å². The molecule has 0 unspecified atom stereocenters. The van der Waals surface area contributed by atoms with Crippen molar-refractivity contribution in [1.29, 1.82) is 0 Å². The lowest BCUT2D eigenvalue weighted by molar-refractivity contribution is -0.116. The van der Waals surface area contributed by atoms with E-state index in [9.17, 15) is 4.79 Å². The minimum absolute atomic E-state index is 0.163. The van der Waals surface area contributed by atoms with Gasteiger partial charge in [-0.1, -0.05) is 35.9 Å². The van der Waals surface area contributed by atoms with Crippen molar-refractivity contribution in [3.63, 3.8) is 0 Å². The summed E-state index contributed by atoms with van der Waals surface area (Å²) in [6.07, 6.45) is 6.58. The number of hydrogen-bond donors (Lipinski definition) is 1. The van der Waals surface area contributed by atoms with Gasteiger partial charge in [-0.15, -0.1) is 0 Å². The number of carbonyl (C=O) groups excluding carboxylic acids is 1. The summed E-state index contributed by atoms with van der Waals surface area (Å²) >= 11 is 5.99. The number of pyridine rings is 1. The fourth-order valence-corrected chi connectivity index (χ4v) is 1.73. The first-order chi connectivity index (χ1) is 9.25. The summed E-state index contributed by atoms with van der Waals surface area (Å²) in [5.41, 5.74) is 1.78. The molecule has 1 aromatic heterocycles. The first kappa shape index (κ1) is 13.3. The average molecular weight is 273 g/mol. The number of hydrogen-bond acceptors (Lipinski definition) is 2. The van der Waals surface area contributed by atoms with Crippen LogP contribution in [0.5, 0.6) is 0 Å². The van der Waals surface area contributed by atoms with Crippen LogP contribution in [0.2, 0.25) is 5.02 Å². The fraction of sp³-hybridized carbons (Fsp3) is 0.0667. The van der Waals surface area contributed by atoms with Gasteiger partial charge in [-0.25, -0.2) is 0 Å². The molecular weight excluding hydrogens is 260 g/mol. The summed E-state index contributed by atoms with van der Waals surface area (Å²) in [6.45, 7) is 0.458. The van der Waals surface area contributed by atoms with E-state index in [1.54, 1.807) is 24.5 Å². The molecular formula is C15H13ClN2O. The molecule has 0 spiro atoms. The lowest BCUT2D eigenvalue weighted by Crippen LogP contribution is -2.20. The Morgan fingerprint density at radius 2 is 2.11 bits per heavy atom. The Hall–Kier alpha value is -2.13. The van der Waals surface area contributed by atoms with Crippen LogP contribution in [0.3, 0.4) is 0 Å². The van der Waals surface area contributed by atoms with E-state index in [0.29, 0.717) is 11.6 Å². The van der Waals surface area contributed by atoms with Gasteiger partial charge in [0.2, 0.25) is 5.91 Å². The van der Waals surface area contributed by atoms with Gasteiger partial charge >= 0.3 is 0 Å². The van der Waals surface area contributed by atoms with Gasteiger partial charge in [-0.2, -0.15) is 0 Å². The third-order valence-electron chi connectivity index (χ3n) is 2.51. The molecule has 0 atom stereocenters. The van der Waals surface area contributed by atoms with Crippen molar-refractivity contribution in [2.75, 3.05) is 0 Å². The Morgan fingerprint density at radius 1 is 1.26 bits per heavy atom. The van der Waals surface area contributed by atoms with Crippen LogP contribution >= 0.6 is 11.6 Å². The first-order valence-corrected chi connectivity index (χ1v) is 6.23. The molecule has 19 heavy (non-hydrogen) atoms.